The van der Waals surface area contributed by atoms with Crippen LogP contribution in [0.4, 0.5) is 4.39 Å². The van der Waals surface area contributed by atoms with Crippen LogP contribution in [0.2, 0.25) is 0 Å². The molecule has 0 radical (unpaired) electrons. The molecular weight excluding hydrogens is 241 g/mol. The van der Waals surface area contributed by atoms with E-state index in [9.17, 15) is 4.39 Å². The number of hydrogen-bond acceptors (Lipinski definition) is 2. The highest BCUT2D eigenvalue weighted by molar-refractivity contribution is 5.18. The zero-order chi connectivity index (χ0) is 13.7. The third-order valence-electron chi connectivity index (χ3n) is 3.95. The van der Waals surface area contributed by atoms with Gasteiger partial charge < -0.3 is 10.1 Å². The van der Waals surface area contributed by atoms with Crippen LogP contribution in [0.3, 0.4) is 0 Å². The highest BCUT2D eigenvalue weighted by Crippen LogP contribution is 2.26. The maximum Gasteiger partial charge on any atom is 0.123 e. The molecule has 0 aliphatic carbocycles. The highest BCUT2D eigenvalue weighted by atomic mass is 19.1. The van der Waals surface area contributed by atoms with E-state index in [0.717, 1.165) is 38.0 Å². The molecule has 3 heteroatoms. The Hall–Kier alpha value is -0.930. The van der Waals surface area contributed by atoms with E-state index in [0.29, 0.717) is 18.1 Å². The lowest BCUT2D eigenvalue weighted by atomic mass is 9.88. The van der Waals surface area contributed by atoms with E-state index in [4.69, 9.17) is 4.74 Å². The minimum atomic E-state index is -0.150. The first-order chi connectivity index (χ1) is 9.20. The van der Waals surface area contributed by atoms with E-state index in [1.54, 1.807) is 12.1 Å². The first-order valence-corrected chi connectivity index (χ1v) is 7.30. The Morgan fingerprint density at radius 1 is 1.47 bits per heavy atom. The molecule has 2 nitrogen and oxygen atoms in total. The first kappa shape index (κ1) is 14.5. The van der Waals surface area contributed by atoms with Crippen LogP contribution in [0.15, 0.2) is 24.3 Å². The number of nitrogens with one attached hydrogen (secondary N) is 1. The van der Waals surface area contributed by atoms with Gasteiger partial charge in [-0.25, -0.2) is 4.39 Å². The lowest BCUT2D eigenvalue weighted by molar-refractivity contribution is 0.0954. The van der Waals surface area contributed by atoms with Gasteiger partial charge in [0.2, 0.25) is 0 Å². The van der Waals surface area contributed by atoms with Crippen molar-refractivity contribution in [2.24, 2.45) is 5.92 Å². The van der Waals surface area contributed by atoms with Crippen molar-refractivity contribution >= 4 is 0 Å². The van der Waals surface area contributed by atoms with Crippen LogP contribution in [0, 0.1) is 11.7 Å². The maximum atomic E-state index is 13.3. The Kier molecular flexibility index (Phi) is 5.34. The van der Waals surface area contributed by atoms with E-state index in [-0.39, 0.29) is 5.82 Å². The van der Waals surface area contributed by atoms with Gasteiger partial charge in [0.05, 0.1) is 6.10 Å². The van der Waals surface area contributed by atoms with Crippen molar-refractivity contribution in [3.8, 4) is 0 Å². The van der Waals surface area contributed by atoms with Gasteiger partial charge in [0, 0.05) is 18.6 Å². The Morgan fingerprint density at radius 3 is 2.95 bits per heavy atom. The molecule has 1 aliphatic heterocycles. The summed E-state index contributed by atoms with van der Waals surface area (Å²) in [7, 11) is 0. The smallest absolute Gasteiger partial charge is 0.123 e. The lowest BCUT2D eigenvalue weighted by Crippen LogP contribution is -2.41. The quantitative estimate of drug-likeness (QED) is 0.853. The number of hydrogen-bond donors (Lipinski definition) is 1. The zero-order valence-electron chi connectivity index (χ0n) is 11.9. The standard InChI is InChI=1S/C16H24FNO/c1-3-8-18-16(15-7-9-19-12(15)2)11-13-5-4-6-14(17)10-13/h4-6,10,12,15-16,18H,3,7-9,11H2,1-2H3. The topological polar surface area (TPSA) is 21.3 Å². The fraction of sp³-hybridized carbons (Fsp3) is 0.625. The highest BCUT2D eigenvalue weighted by Gasteiger charge is 2.31. The van der Waals surface area contributed by atoms with Crippen LogP contribution in [-0.4, -0.2) is 25.3 Å². The fourth-order valence-corrected chi connectivity index (χ4v) is 2.90. The third kappa shape index (κ3) is 4.02. The molecule has 0 aromatic heterocycles. The molecule has 1 aromatic carbocycles. The summed E-state index contributed by atoms with van der Waals surface area (Å²) < 4.78 is 19.0. The van der Waals surface area contributed by atoms with Gasteiger partial charge in [0.25, 0.3) is 0 Å². The van der Waals surface area contributed by atoms with E-state index in [1.807, 2.05) is 6.07 Å². The molecular formula is C16H24FNO. The van der Waals surface area contributed by atoms with Gasteiger partial charge in [-0.05, 0) is 50.4 Å². The summed E-state index contributed by atoms with van der Waals surface area (Å²) in [4.78, 5) is 0. The molecule has 0 saturated carbocycles. The minimum Gasteiger partial charge on any atom is -0.378 e. The maximum absolute atomic E-state index is 13.3. The predicted octanol–water partition coefficient (Wildman–Crippen LogP) is 3.16. The van der Waals surface area contributed by atoms with Crippen molar-refractivity contribution in [1.82, 2.24) is 5.32 Å². The monoisotopic (exact) mass is 265 g/mol. The van der Waals surface area contributed by atoms with Gasteiger partial charge in [-0.2, -0.15) is 0 Å². The summed E-state index contributed by atoms with van der Waals surface area (Å²) in [5.74, 6) is 0.372. The van der Waals surface area contributed by atoms with Crippen LogP contribution < -0.4 is 5.32 Å². The normalized spacial score (nSPS) is 24.6. The number of ether oxygens (including phenoxy) is 1. The molecule has 1 heterocycles. The Labute approximate surface area is 115 Å². The SMILES string of the molecule is CCCNC(Cc1cccc(F)c1)C1CCOC1C. The van der Waals surface area contributed by atoms with Gasteiger partial charge in [0.1, 0.15) is 5.82 Å². The van der Waals surface area contributed by atoms with Crippen LogP contribution in [0.25, 0.3) is 0 Å². The lowest BCUT2D eigenvalue weighted by Gasteiger charge is -2.27. The van der Waals surface area contributed by atoms with Crippen LogP contribution in [0.5, 0.6) is 0 Å². The van der Waals surface area contributed by atoms with Crippen molar-refractivity contribution in [2.75, 3.05) is 13.2 Å². The van der Waals surface area contributed by atoms with E-state index < -0.39 is 0 Å². The van der Waals surface area contributed by atoms with Crippen LogP contribution >= 0.6 is 0 Å². The Morgan fingerprint density at radius 2 is 2.32 bits per heavy atom. The largest absolute Gasteiger partial charge is 0.378 e. The number of halogens is 1. The summed E-state index contributed by atoms with van der Waals surface area (Å²) in [6.07, 6.45) is 3.37. The van der Waals surface area contributed by atoms with Gasteiger partial charge in [0.15, 0.2) is 0 Å². The average molecular weight is 265 g/mol. The fourth-order valence-electron chi connectivity index (χ4n) is 2.90. The molecule has 3 atom stereocenters. The van der Waals surface area contributed by atoms with Crippen LogP contribution in [-0.2, 0) is 11.2 Å². The van der Waals surface area contributed by atoms with E-state index in [2.05, 4.69) is 19.2 Å². The van der Waals surface area contributed by atoms with Gasteiger partial charge in [-0.1, -0.05) is 19.1 Å². The summed E-state index contributed by atoms with van der Waals surface area (Å²) >= 11 is 0. The molecule has 1 saturated heterocycles. The summed E-state index contributed by atoms with van der Waals surface area (Å²) in [6.45, 7) is 6.16. The molecule has 3 unspecified atom stereocenters. The van der Waals surface area contributed by atoms with Crippen LogP contribution in [0.1, 0.15) is 32.3 Å². The Bertz CT molecular complexity index is 396. The molecule has 2 rings (SSSR count). The van der Waals surface area contributed by atoms with Crippen molar-refractivity contribution in [3.05, 3.63) is 35.6 Å². The third-order valence-corrected chi connectivity index (χ3v) is 3.95. The predicted molar refractivity (Wildman–Crippen MR) is 75.7 cm³/mol. The Balaban J connectivity index is 2.04. The second-order valence-corrected chi connectivity index (χ2v) is 5.42. The average Bonchev–Trinajstić information content (AvgIpc) is 2.81. The molecule has 19 heavy (non-hydrogen) atoms. The molecule has 1 aliphatic rings. The number of benzene rings is 1. The number of rotatable bonds is 6. The minimum absolute atomic E-state index is 0.150. The molecule has 1 aromatic rings. The summed E-state index contributed by atoms with van der Waals surface area (Å²) in [5, 5.41) is 3.61. The molecule has 0 amide bonds. The molecule has 0 bridgehead atoms. The van der Waals surface area contributed by atoms with E-state index >= 15 is 0 Å². The van der Waals surface area contributed by atoms with Crippen molar-refractivity contribution in [3.63, 3.8) is 0 Å². The zero-order valence-corrected chi connectivity index (χ0v) is 11.9. The van der Waals surface area contributed by atoms with Crippen molar-refractivity contribution in [1.29, 1.82) is 0 Å². The van der Waals surface area contributed by atoms with Crippen molar-refractivity contribution < 1.29 is 9.13 Å². The molecule has 106 valence electrons. The van der Waals surface area contributed by atoms with Gasteiger partial charge in [-0.3, -0.25) is 0 Å². The summed E-state index contributed by atoms with van der Waals surface area (Å²) in [6, 6.07) is 7.31. The van der Waals surface area contributed by atoms with E-state index in [1.165, 1.54) is 6.07 Å². The van der Waals surface area contributed by atoms with Crippen molar-refractivity contribution in [2.45, 2.75) is 45.3 Å². The molecule has 1 fully saturated rings. The second kappa shape index (κ2) is 7.01. The molecule has 0 spiro atoms. The second-order valence-electron chi connectivity index (χ2n) is 5.42. The van der Waals surface area contributed by atoms with Gasteiger partial charge in [-0.15, -0.1) is 0 Å². The summed E-state index contributed by atoms with van der Waals surface area (Å²) in [5.41, 5.74) is 1.06. The van der Waals surface area contributed by atoms with Gasteiger partial charge >= 0.3 is 0 Å². The molecule has 1 N–H and O–H groups in total. The first-order valence-electron chi connectivity index (χ1n) is 7.30.